The number of nitrogens with one attached hydrogen (secondary N) is 1. The standard InChI is InChI=1S/C19H20N4O5S/c1-22-11-10-20-19(22)18(13-4-6-14(28-2)7-5-13)21-16-9-8-15(29(3,26)27)12-17(16)23(24)25/h4-12,18,21H,1-3H3/t18-/m1/s1. The van der Waals surface area contributed by atoms with Crippen molar-refractivity contribution in [1.82, 2.24) is 9.55 Å². The number of aromatic nitrogens is 2. The first-order valence-corrected chi connectivity index (χ1v) is 10.5. The minimum absolute atomic E-state index is 0.118. The number of nitro groups is 1. The van der Waals surface area contributed by atoms with Gasteiger partial charge in [0.2, 0.25) is 0 Å². The molecular weight excluding hydrogens is 396 g/mol. The number of anilines is 1. The van der Waals surface area contributed by atoms with Crippen molar-refractivity contribution in [2.75, 3.05) is 18.7 Å². The maximum Gasteiger partial charge on any atom is 0.293 e. The number of nitro benzene ring substituents is 1. The van der Waals surface area contributed by atoms with Crippen LogP contribution in [0.5, 0.6) is 5.75 Å². The summed E-state index contributed by atoms with van der Waals surface area (Å²) >= 11 is 0. The highest BCUT2D eigenvalue weighted by Crippen LogP contribution is 2.33. The number of imidazole rings is 1. The Kier molecular flexibility index (Phi) is 5.55. The van der Waals surface area contributed by atoms with Gasteiger partial charge in [-0.3, -0.25) is 10.1 Å². The van der Waals surface area contributed by atoms with Crippen molar-refractivity contribution in [1.29, 1.82) is 0 Å². The third-order valence-corrected chi connectivity index (χ3v) is 5.57. The lowest BCUT2D eigenvalue weighted by atomic mass is 10.0. The summed E-state index contributed by atoms with van der Waals surface area (Å²) in [6.07, 6.45) is 4.41. The molecule has 1 aromatic heterocycles. The number of sulfone groups is 1. The van der Waals surface area contributed by atoms with Crippen molar-refractivity contribution < 1.29 is 18.1 Å². The largest absolute Gasteiger partial charge is 0.497 e. The number of hydrogen-bond acceptors (Lipinski definition) is 7. The van der Waals surface area contributed by atoms with Gasteiger partial charge in [-0.1, -0.05) is 12.1 Å². The zero-order chi connectivity index (χ0) is 21.2. The third-order valence-electron chi connectivity index (χ3n) is 4.46. The Balaban J connectivity index is 2.08. The van der Waals surface area contributed by atoms with E-state index in [2.05, 4.69) is 10.3 Å². The fraction of sp³-hybridized carbons (Fsp3) is 0.211. The molecule has 0 unspecified atom stereocenters. The van der Waals surface area contributed by atoms with Gasteiger partial charge in [0.25, 0.3) is 5.69 Å². The summed E-state index contributed by atoms with van der Waals surface area (Å²) in [7, 11) is -0.190. The molecular formula is C19H20N4O5S. The number of ether oxygens (including phenoxy) is 1. The Morgan fingerprint density at radius 2 is 1.90 bits per heavy atom. The van der Waals surface area contributed by atoms with Crippen molar-refractivity contribution in [2.24, 2.45) is 7.05 Å². The monoisotopic (exact) mass is 416 g/mol. The maximum atomic E-state index is 11.8. The van der Waals surface area contributed by atoms with Crippen molar-refractivity contribution >= 4 is 21.2 Å². The van der Waals surface area contributed by atoms with Crippen molar-refractivity contribution in [3.63, 3.8) is 0 Å². The van der Waals surface area contributed by atoms with Gasteiger partial charge in [0.15, 0.2) is 9.84 Å². The minimum atomic E-state index is -3.58. The molecule has 0 saturated heterocycles. The molecule has 0 spiro atoms. The van der Waals surface area contributed by atoms with Crippen LogP contribution in [-0.2, 0) is 16.9 Å². The summed E-state index contributed by atoms with van der Waals surface area (Å²) in [4.78, 5) is 15.2. The molecule has 10 heteroatoms. The van der Waals surface area contributed by atoms with Gasteiger partial charge in [0, 0.05) is 31.8 Å². The number of nitrogens with zero attached hydrogens (tertiary/aromatic N) is 3. The van der Waals surface area contributed by atoms with Crippen LogP contribution in [0.3, 0.4) is 0 Å². The van der Waals surface area contributed by atoms with Gasteiger partial charge >= 0.3 is 0 Å². The van der Waals surface area contributed by atoms with Crippen LogP contribution >= 0.6 is 0 Å². The summed E-state index contributed by atoms with van der Waals surface area (Å²) in [5.74, 6) is 1.31. The Bertz CT molecular complexity index is 1140. The number of methoxy groups -OCH3 is 1. The number of benzene rings is 2. The fourth-order valence-corrected chi connectivity index (χ4v) is 3.56. The predicted molar refractivity (Wildman–Crippen MR) is 108 cm³/mol. The molecule has 0 saturated carbocycles. The maximum absolute atomic E-state index is 11.8. The molecule has 3 rings (SSSR count). The van der Waals surface area contributed by atoms with E-state index in [1.807, 2.05) is 19.2 Å². The van der Waals surface area contributed by atoms with Crippen LogP contribution in [0.25, 0.3) is 0 Å². The molecule has 2 aromatic carbocycles. The molecule has 152 valence electrons. The number of rotatable bonds is 7. The van der Waals surface area contributed by atoms with Crippen LogP contribution in [0, 0.1) is 10.1 Å². The second-order valence-electron chi connectivity index (χ2n) is 6.46. The van der Waals surface area contributed by atoms with E-state index < -0.39 is 20.8 Å². The fourth-order valence-electron chi connectivity index (χ4n) is 2.92. The highest BCUT2D eigenvalue weighted by atomic mass is 32.2. The average molecular weight is 416 g/mol. The van der Waals surface area contributed by atoms with Gasteiger partial charge in [-0.25, -0.2) is 13.4 Å². The third kappa shape index (κ3) is 4.37. The van der Waals surface area contributed by atoms with Gasteiger partial charge in [0.05, 0.1) is 16.9 Å². The van der Waals surface area contributed by atoms with E-state index in [0.29, 0.717) is 11.6 Å². The summed E-state index contributed by atoms with van der Waals surface area (Å²) in [6.45, 7) is 0. The van der Waals surface area contributed by atoms with Crippen LogP contribution in [0.1, 0.15) is 17.4 Å². The highest BCUT2D eigenvalue weighted by molar-refractivity contribution is 7.90. The van der Waals surface area contributed by atoms with Gasteiger partial charge in [0.1, 0.15) is 23.3 Å². The zero-order valence-electron chi connectivity index (χ0n) is 16.1. The molecule has 1 N–H and O–H groups in total. The van der Waals surface area contributed by atoms with Gasteiger partial charge in [-0.2, -0.15) is 0 Å². The van der Waals surface area contributed by atoms with E-state index in [0.717, 1.165) is 17.9 Å². The predicted octanol–water partition coefficient (Wildman–Crippen LogP) is 2.94. The number of hydrogen-bond donors (Lipinski definition) is 1. The van der Waals surface area contributed by atoms with Gasteiger partial charge in [-0.05, 0) is 29.8 Å². The molecule has 3 aromatic rings. The van der Waals surface area contributed by atoms with E-state index in [1.165, 1.54) is 12.1 Å². The van der Waals surface area contributed by atoms with E-state index in [-0.39, 0.29) is 16.3 Å². The van der Waals surface area contributed by atoms with E-state index in [4.69, 9.17) is 4.74 Å². The summed E-state index contributed by atoms with van der Waals surface area (Å²) in [5, 5.41) is 14.7. The second kappa shape index (κ2) is 7.92. The summed E-state index contributed by atoms with van der Waals surface area (Å²) < 4.78 is 30.6. The lowest BCUT2D eigenvalue weighted by Crippen LogP contribution is -2.17. The molecule has 1 atom stereocenters. The van der Waals surface area contributed by atoms with Crippen LogP contribution in [0.4, 0.5) is 11.4 Å². The molecule has 0 fully saturated rings. The van der Waals surface area contributed by atoms with Gasteiger partial charge in [-0.15, -0.1) is 0 Å². The summed E-state index contributed by atoms with van der Waals surface area (Å²) in [5.41, 5.74) is 0.661. The van der Waals surface area contributed by atoms with Crippen LogP contribution in [-0.4, -0.2) is 36.3 Å². The van der Waals surface area contributed by atoms with Crippen LogP contribution < -0.4 is 10.1 Å². The SMILES string of the molecule is COc1ccc([C@@H](Nc2ccc(S(C)(=O)=O)cc2[N+](=O)[O-])c2nccn2C)cc1. The molecule has 9 nitrogen and oxygen atoms in total. The molecule has 0 aliphatic rings. The first kappa shape index (κ1) is 20.3. The van der Waals surface area contributed by atoms with Crippen molar-refractivity contribution in [3.8, 4) is 5.75 Å². The Labute approximate surface area is 168 Å². The molecule has 0 aliphatic carbocycles. The average Bonchev–Trinajstić information content (AvgIpc) is 3.11. The quantitative estimate of drug-likeness (QED) is 0.465. The Hall–Kier alpha value is -3.40. The molecule has 0 aliphatic heterocycles. The van der Waals surface area contributed by atoms with E-state index >= 15 is 0 Å². The molecule has 1 heterocycles. The van der Waals surface area contributed by atoms with Crippen molar-refractivity contribution in [3.05, 3.63) is 76.4 Å². The molecule has 0 bridgehead atoms. The van der Waals surface area contributed by atoms with Gasteiger partial charge < -0.3 is 14.6 Å². The summed E-state index contributed by atoms with van der Waals surface area (Å²) in [6, 6.07) is 10.5. The van der Waals surface area contributed by atoms with E-state index in [1.54, 1.807) is 36.2 Å². The lowest BCUT2D eigenvalue weighted by Gasteiger charge is -2.20. The lowest BCUT2D eigenvalue weighted by molar-refractivity contribution is -0.384. The normalized spacial score (nSPS) is 12.4. The van der Waals surface area contributed by atoms with Crippen molar-refractivity contribution in [2.45, 2.75) is 10.9 Å². The molecule has 29 heavy (non-hydrogen) atoms. The zero-order valence-corrected chi connectivity index (χ0v) is 16.9. The Morgan fingerprint density at radius 3 is 2.41 bits per heavy atom. The van der Waals surface area contributed by atoms with Crippen LogP contribution in [0.2, 0.25) is 0 Å². The minimum Gasteiger partial charge on any atom is -0.497 e. The second-order valence-corrected chi connectivity index (χ2v) is 8.47. The van der Waals surface area contributed by atoms with E-state index in [9.17, 15) is 18.5 Å². The van der Waals surface area contributed by atoms with Crippen LogP contribution in [0.15, 0.2) is 59.8 Å². The highest BCUT2D eigenvalue weighted by Gasteiger charge is 2.24. The first-order valence-electron chi connectivity index (χ1n) is 8.57. The Morgan fingerprint density at radius 1 is 1.21 bits per heavy atom. The molecule has 0 radical (unpaired) electrons. The first-order chi connectivity index (χ1) is 13.7. The smallest absolute Gasteiger partial charge is 0.293 e. The number of aryl methyl sites for hydroxylation is 1. The topological polar surface area (TPSA) is 116 Å². The molecule has 0 amide bonds.